The molecule has 0 atom stereocenters. The van der Waals surface area contributed by atoms with Crippen LogP contribution in [-0.4, -0.2) is 46.4 Å². The number of methoxy groups -OCH3 is 2. The van der Waals surface area contributed by atoms with E-state index in [-0.39, 0.29) is 16.8 Å². The van der Waals surface area contributed by atoms with Crippen molar-refractivity contribution in [1.29, 1.82) is 0 Å². The van der Waals surface area contributed by atoms with Gasteiger partial charge in [-0.3, -0.25) is 9.78 Å². The lowest BCUT2D eigenvalue weighted by Gasteiger charge is -2.11. The Morgan fingerprint density at radius 2 is 1.59 bits per heavy atom. The third-order valence-electron chi connectivity index (χ3n) is 4.81. The molecule has 0 aliphatic carbocycles. The van der Waals surface area contributed by atoms with E-state index in [0.717, 1.165) is 17.0 Å². The molecule has 2 heterocycles. The van der Waals surface area contributed by atoms with Crippen molar-refractivity contribution in [3.8, 4) is 0 Å². The summed E-state index contributed by atoms with van der Waals surface area (Å²) in [4.78, 5) is 46.1. The molecule has 2 aromatic heterocycles. The normalized spacial score (nSPS) is 10.6. The van der Waals surface area contributed by atoms with E-state index in [1.807, 2.05) is 24.3 Å². The number of anilines is 3. The van der Waals surface area contributed by atoms with Crippen molar-refractivity contribution in [3.05, 3.63) is 71.0 Å². The lowest BCUT2D eigenvalue weighted by molar-refractivity contribution is 0.0599. The summed E-state index contributed by atoms with van der Waals surface area (Å²) in [5.74, 6) is -1.35. The SMILES string of the molecule is COC(=O)c1cc(NC(=O)c2c(C)nsc2Nc2cnc3ccccc3n2)cc(C(=O)OC)c1. The standard InChI is InChI=1S/C23H19N5O5S/c1-12-19(21(34-28-12)27-18-11-24-16-6-4-5-7-17(16)26-18)20(29)25-15-9-13(22(30)32-2)8-14(10-15)23(31)33-3/h4-11H,1-3H3,(H,25,29)(H,26,27). The third kappa shape index (κ3) is 4.69. The number of carbonyl (C=O) groups is 3. The molecule has 1 amide bonds. The van der Waals surface area contributed by atoms with Gasteiger partial charge >= 0.3 is 11.9 Å². The quantitative estimate of drug-likeness (QED) is 0.396. The van der Waals surface area contributed by atoms with Crippen LogP contribution in [0.1, 0.15) is 36.8 Å². The van der Waals surface area contributed by atoms with E-state index >= 15 is 0 Å². The first kappa shape index (κ1) is 22.8. The maximum Gasteiger partial charge on any atom is 0.337 e. The average Bonchev–Trinajstić information content (AvgIpc) is 3.22. The predicted molar refractivity (Wildman–Crippen MR) is 127 cm³/mol. The Balaban J connectivity index is 1.63. The Morgan fingerprint density at radius 1 is 0.941 bits per heavy atom. The highest BCUT2D eigenvalue weighted by atomic mass is 32.1. The number of aryl methyl sites for hydroxylation is 1. The molecule has 172 valence electrons. The summed E-state index contributed by atoms with van der Waals surface area (Å²) in [5, 5.41) is 6.29. The summed E-state index contributed by atoms with van der Waals surface area (Å²) in [5.41, 5.74) is 2.64. The fraction of sp³-hybridized carbons (Fsp3) is 0.130. The van der Waals surface area contributed by atoms with Crippen molar-refractivity contribution in [2.24, 2.45) is 0 Å². The lowest BCUT2D eigenvalue weighted by Crippen LogP contribution is -2.16. The molecular formula is C23H19N5O5S. The molecule has 0 bridgehead atoms. The molecule has 34 heavy (non-hydrogen) atoms. The maximum atomic E-state index is 13.2. The van der Waals surface area contributed by atoms with E-state index in [9.17, 15) is 14.4 Å². The summed E-state index contributed by atoms with van der Waals surface area (Å²) in [6.07, 6.45) is 1.57. The highest BCUT2D eigenvalue weighted by Gasteiger charge is 2.21. The number of ether oxygens (including phenoxy) is 2. The minimum absolute atomic E-state index is 0.0886. The number of hydrogen-bond donors (Lipinski definition) is 2. The van der Waals surface area contributed by atoms with Crippen molar-refractivity contribution in [3.63, 3.8) is 0 Å². The first-order valence-corrected chi connectivity index (χ1v) is 10.7. The zero-order chi connectivity index (χ0) is 24.2. The number of carbonyl (C=O) groups excluding carboxylic acids is 3. The highest BCUT2D eigenvalue weighted by Crippen LogP contribution is 2.29. The predicted octanol–water partition coefficient (Wildman–Crippen LogP) is 3.96. The number of nitrogens with zero attached hydrogens (tertiary/aromatic N) is 3. The van der Waals surface area contributed by atoms with E-state index in [2.05, 4.69) is 25.0 Å². The molecule has 4 rings (SSSR count). The van der Waals surface area contributed by atoms with Crippen molar-refractivity contribution >= 4 is 56.9 Å². The highest BCUT2D eigenvalue weighted by molar-refractivity contribution is 7.10. The van der Waals surface area contributed by atoms with Gasteiger partial charge < -0.3 is 20.1 Å². The average molecular weight is 478 g/mol. The smallest absolute Gasteiger partial charge is 0.337 e. The van der Waals surface area contributed by atoms with Crippen LogP contribution in [0.15, 0.2) is 48.7 Å². The van der Waals surface area contributed by atoms with Gasteiger partial charge in [-0.05, 0) is 48.8 Å². The van der Waals surface area contributed by atoms with Gasteiger partial charge in [-0.15, -0.1) is 0 Å². The van der Waals surface area contributed by atoms with E-state index in [4.69, 9.17) is 9.47 Å². The summed E-state index contributed by atoms with van der Waals surface area (Å²) in [7, 11) is 2.44. The molecule has 0 aliphatic rings. The topological polar surface area (TPSA) is 132 Å². The fourth-order valence-corrected chi connectivity index (χ4v) is 4.02. The minimum atomic E-state index is -0.660. The van der Waals surface area contributed by atoms with Gasteiger partial charge in [0.1, 0.15) is 10.8 Å². The molecule has 0 fully saturated rings. The largest absolute Gasteiger partial charge is 0.465 e. The number of hydrogen-bond acceptors (Lipinski definition) is 10. The number of esters is 2. The second kappa shape index (κ2) is 9.63. The Labute approximate surface area is 198 Å². The van der Waals surface area contributed by atoms with Gasteiger partial charge in [0.2, 0.25) is 0 Å². The first-order valence-electron chi connectivity index (χ1n) is 9.97. The van der Waals surface area contributed by atoms with Crippen molar-refractivity contribution in [2.75, 3.05) is 24.9 Å². The molecule has 0 saturated carbocycles. The molecule has 0 radical (unpaired) electrons. The Bertz CT molecular complexity index is 1380. The van der Waals surface area contributed by atoms with Crippen LogP contribution in [0.2, 0.25) is 0 Å². The van der Waals surface area contributed by atoms with Gasteiger partial charge in [0.25, 0.3) is 5.91 Å². The van der Waals surface area contributed by atoms with Crippen LogP contribution in [0.25, 0.3) is 11.0 Å². The molecule has 0 unspecified atom stereocenters. The summed E-state index contributed by atoms with van der Waals surface area (Å²) < 4.78 is 13.8. The zero-order valence-electron chi connectivity index (χ0n) is 18.4. The molecule has 0 saturated heterocycles. The van der Waals surface area contributed by atoms with Crippen LogP contribution in [0, 0.1) is 6.92 Å². The number of nitrogens with one attached hydrogen (secondary N) is 2. The number of aromatic nitrogens is 3. The van der Waals surface area contributed by atoms with Gasteiger partial charge in [-0.1, -0.05) is 12.1 Å². The van der Waals surface area contributed by atoms with Crippen molar-refractivity contribution < 1.29 is 23.9 Å². The van der Waals surface area contributed by atoms with Gasteiger partial charge in [0, 0.05) is 5.69 Å². The van der Waals surface area contributed by atoms with Crippen LogP contribution in [0.3, 0.4) is 0 Å². The summed E-state index contributed by atoms with van der Waals surface area (Å²) in [6.45, 7) is 1.70. The van der Waals surface area contributed by atoms with Crippen LogP contribution in [0.4, 0.5) is 16.5 Å². The summed E-state index contributed by atoms with van der Waals surface area (Å²) in [6, 6.07) is 11.6. The molecule has 2 N–H and O–H groups in total. The van der Waals surface area contributed by atoms with Crippen LogP contribution in [-0.2, 0) is 9.47 Å². The molecule has 4 aromatic rings. The van der Waals surface area contributed by atoms with Crippen LogP contribution < -0.4 is 10.6 Å². The second-order valence-electron chi connectivity index (χ2n) is 7.08. The fourth-order valence-electron chi connectivity index (χ4n) is 3.22. The van der Waals surface area contributed by atoms with Gasteiger partial charge in [-0.2, -0.15) is 4.37 Å². The molecule has 11 heteroatoms. The van der Waals surface area contributed by atoms with Crippen LogP contribution >= 0.6 is 11.5 Å². The lowest BCUT2D eigenvalue weighted by atomic mass is 10.1. The first-order chi connectivity index (χ1) is 16.4. The number of para-hydroxylation sites is 2. The minimum Gasteiger partial charge on any atom is -0.465 e. The Kier molecular flexibility index (Phi) is 6.46. The van der Waals surface area contributed by atoms with Crippen molar-refractivity contribution in [2.45, 2.75) is 6.92 Å². The summed E-state index contributed by atoms with van der Waals surface area (Å²) >= 11 is 1.10. The monoisotopic (exact) mass is 477 g/mol. The number of rotatable bonds is 6. The van der Waals surface area contributed by atoms with E-state index in [0.29, 0.717) is 27.6 Å². The maximum absolute atomic E-state index is 13.2. The number of benzene rings is 2. The van der Waals surface area contributed by atoms with Crippen LogP contribution in [0.5, 0.6) is 0 Å². The van der Waals surface area contributed by atoms with E-state index in [1.165, 1.54) is 32.4 Å². The van der Waals surface area contributed by atoms with Gasteiger partial charge in [0.15, 0.2) is 0 Å². The third-order valence-corrected chi connectivity index (χ3v) is 5.67. The molecule has 10 nitrogen and oxygen atoms in total. The zero-order valence-corrected chi connectivity index (χ0v) is 19.2. The Morgan fingerprint density at radius 3 is 2.24 bits per heavy atom. The Hall–Kier alpha value is -4.38. The number of fused-ring (bicyclic) bond motifs is 1. The van der Waals surface area contributed by atoms with E-state index < -0.39 is 17.8 Å². The van der Waals surface area contributed by atoms with Crippen molar-refractivity contribution in [1.82, 2.24) is 14.3 Å². The molecular weight excluding hydrogens is 458 g/mol. The molecule has 0 aliphatic heterocycles. The van der Waals surface area contributed by atoms with Gasteiger partial charge in [-0.25, -0.2) is 14.6 Å². The molecule has 0 spiro atoms. The molecule has 2 aromatic carbocycles. The second-order valence-corrected chi connectivity index (χ2v) is 7.85. The number of amides is 1. The van der Waals surface area contributed by atoms with E-state index in [1.54, 1.807) is 13.1 Å². The van der Waals surface area contributed by atoms with Gasteiger partial charge in [0.05, 0.1) is 53.8 Å².